The summed E-state index contributed by atoms with van der Waals surface area (Å²) in [7, 11) is 1.95. The Hall–Kier alpha value is -3.12. The zero-order valence-corrected chi connectivity index (χ0v) is 20.4. The standard InChI is InChI=1S/C28H28N2O3S/c1-28-14-13-27(31)29(2)26(28)12-7-21-17-20(6-11-24(21)28)23-10-5-19(16-25(23)34)15-18-3-8-22(9-4-18)30(32)33/h3-6,8-11,17,26H,7,12-16H2,1-2H3/t26-,28-/m1/s1. The smallest absolute Gasteiger partial charge is 0.269 e. The van der Waals surface area contributed by atoms with Gasteiger partial charge in [0.15, 0.2) is 0 Å². The van der Waals surface area contributed by atoms with Crippen molar-refractivity contribution in [1.82, 2.24) is 4.90 Å². The monoisotopic (exact) mass is 472 g/mol. The molecule has 5 nitrogen and oxygen atoms in total. The Morgan fingerprint density at radius 3 is 2.62 bits per heavy atom. The van der Waals surface area contributed by atoms with E-state index in [0.29, 0.717) is 6.42 Å². The number of nitro benzene ring substituents is 1. The van der Waals surface area contributed by atoms with Crippen LogP contribution in [0.1, 0.15) is 54.9 Å². The molecule has 0 spiro atoms. The number of fused-ring (bicyclic) bond motifs is 3. The molecule has 0 unspecified atom stereocenters. The first kappa shape index (κ1) is 22.7. The minimum atomic E-state index is -0.376. The molecule has 34 heavy (non-hydrogen) atoms. The van der Waals surface area contributed by atoms with Crippen LogP contribution in [0.2, 0.25) is 0 Å². The van der Waals surface area contributed by atoms with Crippen LogP contribution in [0.3, 0.4) is 0 Å². The van der Waals surface area contributed by atoms with Crippen LogP contribution in [0, 0.1) is 10.1 Å². The Bertz CT molecular complexity index is 1260. The number of aryl methyl sites for hydroxylation is 1. The van der Waals surface area contributed by atoms with Crippen molar-refractivity contribution in [2.75, 3.05) is 7.05 Å². The second kappa shape index (κ2) is 8.58. The molecule has 2 atom stereocenters. The van der Waals surface area contributed by atoms with E-state index >= 15 is 0 Å². The van der Waals surface area contributed by atoms with Crippen LogP contribution in [-0.4, -0.2) is 33.7 Å². The van der Waals surface area contributed by atoms with Crippen LogP contribution in [0.25, 0.3) is 5.57 Å². The molecule has 2 aliphatic carbocycles. The van der Waals surface area contributed by atoms with Gasteiger partial charge in [0, 0.05) is 48.3 Å². The highest BCUT2D eigenvalue weighted by Crippen LogP contribution is 2.46. The molecule has 2 aromatic rings. The SMILES string of the molecule is CN1C(=O)CC[C@]2(C)c3ccc(C4=CC=C(Cc5ccc([N+](=O)[O-])cc5)CC4=S)cc3CC[C@@H]12. The Balaban J connectivity index is 1.38. The van der Waals surface area contributed by atoms with Gasteiger partial charge in [0.1, 0.15) is 0 Å². The highest BCUT2D eigenvalue weighted by molar-refractivity contribution is 7.81. The molecular formula is C28H28N2O3S. The van der Waals surface area contributed by atoms with Crippen molar-refractivity contribution in [3.63, 3.8) is 0 Å². The number of likely N-dealkylation sites (N-methyl/N-ethyl adjacent to an activating group) is 1. The van der Waals surface area contributed by atoms with Gasteiger partial charge < -0.3 is 4.90 Å². The van der Waals surface area contributed by atoms with Gasteiger partial charge in [-0.1, -0.05) is 67.2 Å². The lowest BCUT2D eigenvalue weighted by Gasteiger charge is -2.50. The predicted octanol–water partition coefficient (Wildman–Crippen LogP) is 5.75. The largest absolute Gasteiger partial charge is 0.342 e. The summed E-state index contributed by atoms with van der Waals surface area (Å²) in [4.78, 5) is 25.7. The Morgan fingerprint density at radius 2 is 1.91 bits per heavy atom. The van der Waals surface area contributed by atoms with Crippen LogP contribution in [-0.2, 0) is 23.1 Å². The molecule has 0 aromatic heterocycles. The Kier molecular flexibility index (Phi) is 5.72. The average Bonchev–Trinajstić information content (AvgIpc) is 2.82. The summed E-state index contributed by atoms with van der Waals surface area (Å²) in [5.41, 5.74) is 7.40. The quantitative estimate of drug-likeness (QED) is 0.323. The Labute approximate surface area is 205 Å². The van der Waals surface area contributed by atoms with Crippen molar-refractivity contribution >= 4 is 34.3 Å². The fourth-order valence-electron chi connectivity index (χ4n) is 5.99. The second-order valence-corrected chi connectivity index (χ2v) is 10.4. The first-order chi connectivity index (χ1) is 16.3. The number of nitrogens with zero attached hydrogens (tertiary/aromatic N) is 2. The van der Waals surface area contributed by atoms with Gasteiger partial charge >= 0.3 is 0 Å². The molecule has 0 bridgehead atoms. The van der Waals surface area contributed by atoms with Gasteiger partial charge in [-0.15, -0.1) is 0 Å². The number of non-ortho nitro benzene ring substituents is 1. The minimum Gasteiger partial charge on any atom is -0.342 e. The van der Waals surface area contributed by atoms with Gasteiger partial charge in [-0.05, 0) is 53.5 Å². The summed E-state index contributed by atoms with van der Waals surface area (Å²) in [6, 6.07) is 13.8. The van der Waals surface area contributed by atoms with Crippen molar-refractivity contribution in [3.8, 4) is 0 Å². The molecule has 1 amide bonds. The number of nitro groups is 1. The lowest BCUT2D eigenvalue weighted by Crippen LogP contribution is -2.56. The van der Waals surface area contributed by atoms with Crippen LogP contribution >= 0.6 is 12.2 Å². The molecule has 3 aliphatic rings. The van der Waals surface area contributed by atoms with Crippen LogP contribution in [0.4, 0.5) is 5.69 Å². The summed E-state index contributed by atoms with van der Waals surface area (Å²) < 4.78 is 0. The maximum absolute atomic E-state index is 12.3. The number of carbonyl (C=O) groups excluding carboxylic acids is 1. The van der Waals surface area contributed by atoms with E-state index in [1.165, 1.54) is 16.7 Å². The molecule has 174 valence electrons. The topological polar surface area (TPSA) is 63.5 Å². The van der Waals surface area contributed by atoms with Crippen molar-refractivity contribution in [2.24, 2.45) is 0 Å². The van der Waals surface area contributed by atoms with Crippen LogP contribution < -0.4 is 0 Å². The van der Waals surface area contributed by atoms with E-state index in [1.807, 2.05) is 24.1 Å². The highest BCUT2D eigenvalue weighted by atomic mass is 32.1. The number of amides is 1. The van der Waals surface area contributed by atoms with E-state index in [2.05, 4.69) is 37.3 Å². The zero-order valence-electron chi connectivity index (χ0n) is 19.5. The third-order valence-corrected chi connectivity index (χ3v) is 8.29. The van der Waals surface area contributed by atoms with E-state index in [4.69, 9.17) is 12.2 Å². The third kappa shape index (κ3) is 3.90. The normalized spacial score (nSPS) is 24.2. The first-order valence-corrected chi connectivity index (χ1v) is 12.2. The Morgan fingerprint density at radius 1 is 1.15 bits per heavy atom. The molecule has 2 aromatic carbocycles. The fourth-order valence-corrected chi connectivity index (χ4v) is 6.36. The summed E-state index contributed by atoms with van der Waals surface area (Å²) in [5, 5.41) is 10.9. The number of hydrogen-bond donors (Lipinski definition) is 0. The number of carbonyl (C=O) groups is 1. The number of likely N-dealkylation sites (tertiary alicyclic amines) is 1. The van der Waals surface area contributed by atoms with E-state index in [1.54, 1.807) is 12.1 Å². The van der Waals surface area contributed by atoms with Crippen molar-refractivity contribution in [1.29, 1.82) is 0 Å². The van der Waals surface area contributed by atoms with Gasteiger partial charge in [0.2, 0.25) is 5.91 Å². The highest BCUT2D eigenvalue weighted by Gasteiger charge is 2.46. The summed E-state index contributed by atoms with van der Waals surface area (Å²) in [6.45, 7) is 2.32. The van der Waals surface area contributed by atoms with E-state index in [9.17, 15) is 14.9 Å². The maximum atomic E-state index is 12.3. The summed E-state index contributed by atoms with van der Waals surface area (Å²) in [6.07, 6.45) is 9.21. The number of benzene rings is 2. The van der Waals surface area contributed by atoms with Crippen molar-refractivity contribution in [2.45, 2.75) is 56.9 Å². The molecule has 5 rings (SSSR count). The molecule has 1 heterocycles. The van der Waals surface area contributed by atoms with E-state index in [0.717, 1.165) is 53.7 Å². The van der Waals surface area contributed by atoms with Gasteiger partial charge in [-0.25, -0.2) is 0 Å². The van der Waals surface area contributed by atoms with Gasteiger partial charge in [-0.3, -0.25) is 14.9 Å². The van der Waals surface area contributed by atoms with Gasteiger partial charge in [0.05, 0.1) is 4.92 Å². The number of piperidine rings is 1. The number of hydrogen-bond acceptors (Lipinski definition) is 4. The van der Waals surface area contributed by atoms with Gasteiger partial charge in [0.25, 0.3) is 5.69 Å². The lowest BCUT2D eigenvalue weighted by molar-refractivity contribution is -0.384. The number of rotatable bonds is 4. The molecular weight excluding hydrogens is 444 g/mol. The fraction of sp³-hybridized carbons (Fsp3) is 0.357. The zero-order chi connectivity index (χ0) is 24.0. The van der Waals surface area contributed by atoms with Crippen LogP contribution in [0.5, 0.6) is 0 Å². The maximum Gasteiger partial charge on any atom is 0.269 e. The summed E-state index contributed by atoms with van der Waals surface area (Å²) in [5.74, 6) is 0.261. The number of allylic oxidation sites excluding steroid dienone is 4. The van der Waals surface area contributed by atoms with Crippen molar-refractivity contribution in [3.05, 3.63) is 92.6 Å². The second-order valence-electron chi connectivity index (χ2n) is 9.95. The molecule has 0 radical (unpaired) electrons. The predicted molar refractivity (Wildman–Crippen MR) is 138 cm³/mol. The van der Waals surface area contributed by atoms with Crippen molar-refractivity contribution < 1.29 is 9.72 Å². The molecule has 6 heteroatoms. The number of thiocarbonyl (C=S) groups is 1. The third-order valence-electron chi connectivity index (χ3n) is 7.93. The minimum absolute atomic E-state index is 0.00799. The average molecular weight is 473 g/mol. The van der Waals surface area contributed by atoms with E-state index < -0.39 is 0 Å². The van der Waals surface area contributed by atoms with Crippen LogP contribution in [0.15, 0.2) is 60.2 Å². The molecule has 0 saturated carbocycles. The molecule has 1 aliphatic heterocycles. The van der Waals surface area contributed by atoms with E-state index in [-0.39, 0.29) is 28.0 Å². The van der Waals surface area contributed by atoms with Gasteiger partial charge in [-0.2, -0.15) is 0 Å². The summed E-state index contributed by atoms with van der Waals surface area (Å²) >= 11 is 5.81. The lowest BCUT2D eigenvalue weighted by atomic mass is 9.63. The molecule has 1 saturated heterocycles. The molecule has 1 fully saturated rings. The first-order valence-electron chi connectivity index (χ1n) is 11.8. The molecule has 0 N–H and O–H groups in total.